The summed E-state index contributed by atoms with van der Waals surface area (Å²) < 4.78 is 0. The summed E-state index contributed by atoms with van der Waals surface area (Å²) in [5, 5.41) is 16.2. The predicted octanol–water partition coefficient (Wildman–Crippen LogP) is 2.50. The fraction of sp³-hybridized carbons (Fsp3) is 0.231. The van der Waals surface area contributed by atoms with Crippen molar-refractivity contribution in [2.75, 3.05) is 30.3 Å². The first-order chi connectivity index (χ1) is 9.70. The number of anilines is 2. The Balaban J connectivity index is 1.92. The highest BCUT2D eigenvalue weighted by Crippen LogP contribution is 2.31. The molecule has 2 aromatic rings. The third-order valence-corrected chi connectivity index (χ3v) is 3.84. The van der Waals surface area contributed by atoms with Crippen molar-refractivity contribution >= 4 is 38.9 Å². The van der Waals surface area contributed by atoms with Crippen molar-refractivity contribution in [3.8, 4) is 0 Å². The second-order valence-electron chi connectivity index (χ2n) is 3.93. The van der Waals surface area contributed by atoms with Crippen LogP contribution in [0.5, 0.6) is 0 Å². The smallest absolute Gasteiger partial charge is 0.186 e. The molecule has 5 nitrogen and oxygen atoms in total. The average Bonchev–Trinajstić information content (AvgIpc) is 2.84. The topological polar surface area (TPSA) is 74.2 Å². The molecular formula is C13H14ClN3O2S. The largest absolute Gasteiger partial charge is 0.395 e. The molecule has 1 aromatic heterocycles. The van der Waals surface area contributed by atoms with Gasteiger partial charge in [-0.05, 0) is 0 Å². The molecule has 2 rings (SSSR count). The summed E-state index contributed by atoms with van der Waals surface area (Å²) in [5.74, 6) is -0.0122. The summed E-state index contributed by atoms with van der Waals surface area (Å²) in [7, 11) is 0. The fourth-order valence-electron chi connectivity index (χ4n) is 1.54. The van der Waals surface area contributed by atoms with E-state index in [1.165, 1.54) is 11.3 Å². The maximum Gasteiger partial charge on any atom is 0.186 e. The molecule has 0 atom stereocenters. The minimum atomic E-state index is -0.0122. The van der Waals surface area contributed by atoms with E-state index >= 15 is 0 Å². The zero-order valence-electron chi connectivity index (χ0n) is 10.6. The zero-order valence-corrected chi connectivity index (χ0v) is 12.2. The maximum absolute atomic E-state index is 11.9. The molecule has 0 radical (unpaired) electrons. The molecule has 3 N–H and O–H groups in total. The Kier molecular flexibility index (Phi) is 5.34. The van der Waals surface area contributed by atoms with Crippen molar-refractivity contribution in [2.45, 2.75) is 0 Å². The van der Waals surface area contributed by atoms with Crippen LogP contribution in [0.4, 0.5) is 10.1 Å². The van der Waals surface area contributed by atoms with Gasteiger partial charge in [0.15, 0.2) is 16.1 Å². The van der Waals surface area contributed by atoms with E-state index in [1.807, 2.05) is 18.2 Å². The van der Waals surface area contributed by atoms with Gasteiger partial charge in [-0.25, -0.2) is 4.98 Å². The van der Waals surface area contributed by atoms with E-state index in [1.54, 1.807) is 12.1 Å². The third kappa shape index (κ3) is 3.93. The fourth-order valence-corrected chi connectivity index (χ4v) is 2.63. The van der Waals surface area contributed by atoms with Gasteiger partial charge in [0, 0.05) is 12.1 Å². The number of nitrogens with one attached hydrogen (secondary N) is 2. The van der Waals surface area contributed by atoms with Crippen molar-refractivity contribution < 1.29 is 9.90 Å². The summed E-state index contributed by atoms with van der Waals surface area (Å²) in [5.41, 5.74) is 0.654. The number of hydrogen-bond donors (Lipinski definition) is 3. The second-order valence-corrected chi connectivity index (χ2v) is 5.29. The van der Waals surface area contributed by atoms with Crippen LogP contribution < -0.4 is 10.6 Å². The van der Waals surface area contributed by atoms with Crippen molar-refractivity contribution in [3.63, 3.8) is 0 Å². The molecule has 7 heteroatoms. The van der Waals surface area contributed by atoms with Gasteiger partial charge in [0.25, 0.3) is 0 Å². The highest BCUT2D eigenvalue weighted by atomic mass is 35.5. The summed E-state index contributed by atoms with van der Waals surface area (Å²) in [4.78, 5) is 16.0. The second kappa shape index (κ2) is 7.23. The summed E-state index contributed by atoms with van der Waals surface area (Å²) in [6.07, 6.45) is 0. The quantitative estimate of drug-likeness (QED) is 0.685. The van der Waals surface area contributed by atoms with E-state index in [-0.39, 0.29) is 18.9 Å². The van der Waals surface area contributed by atoms with Crippen molar-refractivity contribution in [3.05, 3.63) is 41.0 Å². The van der Waals surface area contributed by atoms with Gasteiger partial charge in [0.1, 0.15) is 5.00 Å². The van der Waals surface area contributed by atoms with Crippen LogP contribution in [-0.4, -0.2) is 35.6 Å². The van der Waals surface area contributed by atoms with Gasteiger partial charge in [0.05, 0.1) is 13.2 Å². The molecule has 0 saturated heterocycles. The minimum absolute atomic E-state index is 0.0122. The van der Waals surface area contributed by atoms with Gasteiger partial charge < -0.3 is 15.7 Å². The lowest BCUT2D eigenvalue weighted by atomic mass is 10.1. The molecule has 20 heavy (non-hydrogen) atoms. The number of nitrogens with zero attached hydrogens (tertiary/aromatic N) is 1. The number of carbonyl (C=O) groups excluding carboxylic acids is 1. The number of aliphatic hydroxyl groups excluding tert-OH is 1. The molecule has 0 aliphatic heterocycles. The van der Waals surface area contributed by atoms with Crippen molar-refractivity contribution in [1.82, 2.24) is 4.98 Å². The Morgan fingerprint density at radius 1 is 1.30 bits per heavy atom. The number of carbonyl (C=O) groups is 1. The van der Waals surface area contributed by atoms with Crippen LogP contribution in [0.15, 0.2) is 30.3 Å². The number of thiazole rings is 1. The molecule has 106 valence electrons. The SMILES string of the molecule is O=C(CNc1nc(Cl)c(NCCO)s1)c1ccccc1. The highest BCUT2D eigenvalue weighted by Gasteiger charge is 2.10. The van der Waals surface area contributed by atoms with Gasteiger partial charge in [-0.2, -0.15) is 0 Å². The summed E-state index contributed by atoms with van der Waals surface area (Å²) in [6, 6.07) is 9.05. The molecule has 0 aliphatic carbocycles. The molecule has 0 aliphatic rings. The van der Waals surface area contributed by atoms with Crippen molar-refractivity contribution in [2.24, 2.45) is 0 Å². The molecule has 0 fully saturated rings. The Hall–Kier alpha value is -1.63. The lowest BCUT2D eigenvalue weighted by Crippen LogP contribution is -2.13. The molecule has 0 bridgehead atoms. The predicted molar refractivity (Wildman–Crippen MR) is 82.0 cm³/mol. The van der Waals surface area contributed by atoms with E-state index in [9.17, 15) is 4.79 Å². The van der Waals surface area contributed by atoms with Crippen LogP contribution in [0, 0.1) is 0 Å². The monoisotopic (exact) mass is 311 g/mol. The Bertz CT molecular complexity index is 574. The normalized spacial score (nSPS) is 10.3. The molecule has 1 aromatic carbocycles. The third-order valence-electron chi connectivity index (χ3n) is 2.48. The number of benzene rings is 1. The van der Waals surface area contributed by atoms with E-state index in [4.69, 9.17) is 16.7 Å². The average molecular weight is 312 g/mol. The van der Waals surface area contributed by atoms with Gasteiger partial charge in [0.2, 0.25) is 0 Å². The number of aliphatic hydroxyl groups is 1. The van der Waals surface area contributed by atoms with E-state index in [0.717, 1.165) is 0 Å². The number of ketones is 1. The Labute approximate surface area is 125 Å². The summed E-state index contributed by atoms with van der Waals surface area (Å²) in [6.45, 7) is 0.584. The number of Topliss-reactive ketones (excluding diaryl/α,β-unsaturated/α-hetero) is 1. The molecule has 0 unspecified atom stereocenters. The van der Waals surface area contributed by atoms with E-state index in [0.29, 0.717) is 27.4 Å². The maximum atomic E-state index is 11.9. The first-order valence-electron chi connectivity index (χ1n) is 6.04. The zero-order chi connectivity index (χ0) is 14.4. The molecule has 0 saturated carbocycles. The summed E-state index contributed by atoms with van der Waals surface area (Å²) >= 11 is 7.25. The van der Waals surface area contributed by atoms with Crippen molar-refractivity contribution in [1.29, 1.82) is 0 Å². The van der Waals surface area contributed by atoms with Gasteiger partial charge in [-0.1, -0.05) is 53.3 Å². The first-order valence-corrected chi connectivity index (χ1v) is 7.23. The Morgan fingerprint density at radius 2 is 2.05 bits per heavy atom. The molecular weight excluding hydrogens is 298 g/mol. The number of aromatic nitrogens is 1. The standard InChI is InChI=1S/C13H14ClN3O2S/c14-11-12(15-6-7-18)20-13(17-11)16-8-10(19)9-4-2-1-3-5-9/h1-5,15,18H,6-8H2,(H,16,17). The Morgan fingerprint density at radius 3 is 2.75 bits per heavy atom. The molecule has 0 spiro atoms. The van der Waals surface area contributed by atoms with E-state index in [2.05, 4.69) is 15.6 Å². The number of hydrogen-bond acceptors (Lipinski definition) is 6. The van der Waals surface area contributed by atoms with Crippen LogP contribution in [-0.2, 0) is 0 Å². The first kappa shape index (κ1) is 14.8. The van der Waals surface area contributed by atoms with Gasteiger partial charge >= 0.3 is 0 Å². The highest BCUT2D eigenvalue weighted by molar-refractivity contribution is 7.20. The van der Waals surface area contributed by atoms with Crippen LogP contribution in [0.2, 0.25) is 5.15 Å². The van der Waals surface area contributed by atoms with Crippen LogP contribution in [0.3, 0.4) is 0 Å². The van der Waals surface area contributed by atoms with E-state index < -0.39 is 0 Å². The lowest BCUT2D eigenvalue weighted by molar-refractivity contribution is 0.101. The van der Waals surface area contributed by atoms with Crippen LogP contribution >= 0.6 is 22.9 Å². The number of halogens is 1. The van der Waals surface area contributed by atoms with Crippen LogP contribution in [0.1, 0.15) is 10.4 Å². The lowest BCUT2D eigenvalue weighted by Gasteiger charge is -2.02. The van der Waals surface area contributed by atoms with Gasteiger partial charge in [-0.3, -0.25) is 4.79 Å². The molecule has 1 heterocycles. The number of rotatable bonds is 7. The van der Waals surface area contributed by atoms with Gasteiger partial charge in [-0.15, -0.1) is 0 Å². The minimum Gasteiger partial charge on any atom is -0.395 e. The van der Waals surface area contributed by atoms with Crippen LogP contribution in [0.25, 0.3) is 0 Å². The molecule has 0 amide bonds.